The van der Waals surface area contributed by atoms with Crippen LogP contribution in [0.5, 0.6) is 0 Å². The molecule has 150 valence electrons. The first kappa shape index (κ1) is 20.0. The first-order valence-electron chi connectivity index (χ1n) is 9.51. The molecule has 0 N–H and O–H groups in total. The average Bonchev–Trinajstić information content (AvgIpc) is 2.67. The van der Waals surface area contributed by atoms with Crippen molar-refractivity contribution >= 4 is 22.6 Å². The van der Waals surface area contributed by atoms with Gasteiger partial charge in [0.05, 0.1) is 17.6 Å². The monoisotopic (exact) mass is 387 g/mol. The zero-order valence-electron chi connectivity index (χ0n) is 16.4. The highest BCUT2D eigenvalue weighted by molar-refractivity contribution is 6.02. The fourth-order valence-electron chi connectivity index (χ4n) is 3.42. The van der Waals surface area contributed by atoms with Crippen molar-refractivity contribution in [2.24, 2.45) is 0 Å². The van der Waals surface area contributed by atoms with E-state index in [9.17, 15) is 14.4 Å². The van der Waals surface area contributed by atoms with Crippen molar-refractivity contribution in [1.29, 1.82) is 0 Å². The molecule has 0 aliphatic carbocycles. The summed E-state index contributed by atoms with van der Waals surface area (Å²) in [7, 11) is 0. The van der Waals surface area contributed by atoms with Crippen LogP contribution in [0.4, 0.5) is 0 Å². The number of benzene rings is 1. The Kier molecular flexibility index (Phi) is 6.08. The molecule has 2 aromatic rings. The first-order valence-corrected chi connectivity index (χ1v) is 9.51. The van der Waals surface area contributed by atoms with Crippen LogP contribution in [0.15, 0.2) is 29.1 Å². The second-order valence-corrected chi connectivity index (χ2v) is 7.05. The summed E-state index contributed by atoms with van der Waals surface area (Å²) in [6, 6.07) is 6.78. The van der Waals surface area contributed by atoms with Gasteiger partial charge in [0.1, 0.15) is 0 Å². The van der Waals surface area contributed by atoms with Gasteiger partial charge in [-0.15, -0.1) is 0 Å². The number of hydrogen-bond acceptors (Lipinski definition) is 6. The van der Waals surface area contributed by atoms with Crippen LogP contribution in [-0.4, -0.2) is 58.5 Å². The highest BCUT2D eigenvalue weighted by Gasteiger charge is 2.27. The normalized spacial score (nSPS) is 19.6. The van der Waals surface area contributed by atoms with E-state index >= 15 is 0 Å². The Morgan fingerprint density at radius 1 is 1.18 bits per heavy atom. The summed E-state index contributed by atoms with van der Waals surface area (Å²) >= 11 is 0. The molecule has 2 atom stereocenters. The number of morpholine rings is 1. The SMILES string of the molecule is CCCn1nc(C(=O)OCC(=O)N2C[C@H](C)O[C@@H](C)C2)c2ccccc2c1=O. The van der Waals surface area contributed by atoms with Crippen LogP contribution in [0.25, 0.3) is 10.8 Å². The lowest BCUT2D eigenvalue weighted by Gasteiger charge is -2.35. The van der Waals surface area contributed by atoms with E-state index in [-0.39, 0.29) is 36.0 Å². The molecule has 0 spiro atoms. The summed E-state index contributed by atoms with van der Waals surface area (Å²) < 4.78 is 12.1. The van der Waals surface area contributed by atoms with Crippen LogP contribution in [0.2, 0.25) is 0 Å². The lowest BCUT2D eigenvalue weighted by Crippen LogP contribution is -2.49. The standard InChI is InChI=1S/C20H25N3O5/c1-4-9-23-19(25)16-8-6-5-7-15(16)18(21-23)20(26)27-12-17(24)22-10-13(2)28-14(3)11-22/h5-8,13-14H,4,9-12H2,1-3H3/t13-,14-/m0/s1. The van der Waals surface area contributed by atoms with Gasteiger partial charge >= 0.3 is 5.97 Å². The third kappa shape index (κ3) is 4.22. The van der Waals surface area contributed by atoms with Gasteiger partial charge in [-0.3, -0.25) is 9.59 Å². The van der Waals surface area contributed by atoms with Crippen LogP contribution in [-0.2, 0) is 20.8 Å². The van der Waals surface area contributed by atoms with Crippen molar-refractivity contribution < 1.29 is 19.1 Å². The number of aryl methyl sites for hydroxylation is 1. The minimum absolute atomic E-state index is 0.0418. The van der Waals surface area contributed by atoms with E-state index in [0.29, 0.717) is 36.8 Å². The van der Waals surface area contributed by atoms with Crippen molar-refractivity contribution in [2.75, 3.05) is 19.7 Å². The summed E-state index contributed by atoms with van der Waals surface area (Å²) in [4.78, 5) is 39.2. The number of carbonyl (C=O) groups is 2. The number of fused-ring (bicyclic) bond motifs is 1. The van der Waals surface area contributed by atoms with Gasteiger partial charge < -0.3 is 14.4 Å². The predicted octanol–water partition coefficient (Wildman–Crippen LogP) is 1.60. The molecule has 2 heterocycles. The summed E-state index contributed by atoms with van der Waals surface area (Å²) in [6.45, 7) is 6.66. The van der Waals surface area contributed by atoms with E-state index in [1.165, 1.54) is 4.68 Å². The maximum absolute atomic E-state index is 12.6. The van der Waals surface area contributed by atoms with Crippen molar-refractivity contribution in [3.8, 4) is 0 Å². The second kappa shape index (κ2) is 8.52. The summed E-state index contributed by atoms with van der Waals surface area (Å²) in [5.74, 6) is -0.995. The lowest BCUT2D eigenvalue weighted by molar-refractivity contribution is -0.146. The number of nitrogens with zero attached hydrogens (tertiary/aromatic N) is 3. The molecule has 28 heavy (non-hydrogen) atoms. The number of aromatic nitrogens is 2. The zero-order valence-corrected chi connectivity index (χ0v) is 16.4. The Labute approximate surface area is 163 Å². The van der Waals surface area contributed by atoms with Crippen molar-refractivity contribution in [2.45, 2.75) is 45.9 Å². The fourth-order valence-corrected chi connectivity index (χ4v) is 3.42. The van der Waals surface area contributed by atoms with Crippen LogP contribution in [0.3, 0.4) is 0 Å². The van der Waals surface area contributed by atoms with Gasteiger partial charge in [0.2, 0.25) is 0 Å². The Bertz CT molecular complexity index is 929. The number of ether oxygens (including phenoxy) is 2. The topological polar surface area (TPSA) is 90.7 Å². The van der Waals surface area contributed by atoms with Gasteiger partial charge in [-0.05, 0) is 26.3 Å². The predicted molar refractivity (Wildman–Crippen MR) is 103 cm³/mol. The van der Waals surface area contributed by atoms with Crippen molar-refractivity contribution in [3.05, 3.63) is 40.3 Å². The van der Waals surface area contributed by atoms with Gasteiger partial charge in [-0.25, -0.2) is 9.48 Å². The Morgan fingerprint density at radius 3 is 2.46 bits per heavy atom. The van der Waals surface area contributed by atoms with Gasteiger partial charge in [-0.1, -0.05) is 25.1 Å². The smallest absolute Gasteiger partial charge is 0.359 e. The molecule has 1 aromatic carbocycles. The maximum Gasteiger partial charge on any atom is 0.359 e. The molecule has 0 saturated carbocycles. The number of hydrogen-bond donors (Lipinski definition) is 0. The third-order valence-corrected chi connectivity index (χ3v) is 4.60. The quantitative estimate of drug-likeness (QED) is 0.724. The van der Waals surface area contributed by atoms with E-state index in [1.807, 2.05) is 20.8 Å². The number of esters is 1. The molecule has 1 saturated heterocycles. The maximum atomic E-state index is 12.6. The largest absolute Gasteiger partial charge is 0.451 e. The molecule has 8 heteroatoms. The molecule has 8 nitrogen and oxygen atoms in total. The number of rotatable bonds is 5. The van der Waals surface area contributed by atoms with E-state index in [1.54, 1.807) is 29.2 Å². The summed E-state index contributed by atoms with van der Waals surface area (Å²) in [5.41, 5.74) is -0.207. The molecular formula is C20H25N3O5. The Morgan fingerprint density at radius 2 is 1.82 bits per heavy atom. The Balaban J connectivity index is 1.79. The molecule has 3 rings (SSSR count). The molecule has 1 aliphatic rings. The molecule has 0 bridgehead atoms. The number of carbonyl (C=O) groups excluding carboxylic acids is 2. The third-order valence-electron chi connectivity index (χ3n) is 4.60. The van der Waals surface area contributed by atoms with Crippen molar-refractivity contribution in [1.82, 2.24) is 14.7 Å². The highest BCUT2D eigenvalue weighted by atomic mass is 16.5. The molecule has 0 radical (unpaired) electrons. The molecular weight excluding hydrogens is 362 g/mol. The zero-order chi connectivity index (χ0) is 20.3. The second-order valence-electron chi connectivity index (χ2n) is 7.05. The minimum Gasteiger partial charge on any atom is -0.451 e. The van der Waals surface area contributed by atoms with Crippen LogP contribution in [0, 0.1) is 0 Å². The molecule has 0 unspecified atom stereocenters. The summed E-state index contributed by atoms with van der Waals surface area (Å²) in [6.07, 6.45) is 0.573. The fraction of sp³-hybridized carbons (Fsp3) is 0.500. The van der Waals surface area contributed by atoms with Crippen molar-refractivity contribution in [3.63, 3.8) is 0 Å². The van der Waals surface area contributed by atoms with Gasteiger partial charge in [-0.2, -0.15) is 5.10 Å². The molecule has 1 fully saturated rings. The van der Waals surface area contributed by atoms with Crippen LogP contribution in [0.1, 0.15) is 37.7 Å². The molecule has 1 aromatic heterocycles. The number of amides is 1. The lowest BCUT2D eigenvalue weighted by atomic mass is 10.1. The summed E-state index contributed by atoms with van der Waals surface area (Å²) in [5, 5.41) is 5.01. The first-order chi connectivity index (χ1) is 13.4. The van der Waals surface area contributed by atoms with Crippen LogP contribution < -0.4 is 5.56 Å². The highest BCUT2D eigenvalue weighted by Crippen LogP contribution is 2.15. The van der Waals surface area contributed by atoms with E-state index in [2.05, 4.69) is 5.10 Å². The average molecular weight is 387 g/mol. The Hall–Kier alpha value is -2.74. The van der Waals surface area contributed by atoms with E-state index < -0.39 is 5.97 Å². The van der Waals surface area contributed by atoms with Gasteiger partial charge in [0, 0.05) is 25.0 Å². The molecule has 1 aliphatic heterocycles. The minimum atomic E-state index is -0.719. The van der Waals surface area contributed by atoms with E-state index in [4.69, 9.17) is 9.47 Å². The molecule has 1 amide bonds. The van der Waals surface area contributed by atoms with Gasteiger partial charge in [0.15, 0.2) is 12.3 Å². The van der Waals surface area contributed by atoms with Crippen LogP contribution >= 0.6 is 0 Å². The van der Waals surface area contributed by atoms with Gasteiger partial charge in [0.25, 0.3) is 11.5 Å². The van der Waals surface area contributed by atoms with E-state index in [0.717, 1.165) is 0 Å².